The molecule has 0 aromatic carbocycles. The summed E-state index contributed by atoms with van der Waals surface area (Å²) in [5.41, 5.74) is 0. The minimum atomic E-state index is -1.26. The van der Waals surface area contributed by atoms with Crippen molar-refractivity contribution in [3.63, 3.8) is 0 Å². The van der Waals surface area contributed by atoms with Crippen molar-refractivity contribution < 1.29 is 29.7 Å². The molecule has 0 saturated heterocycles. The summed E-state index contributed by atoms with van der Waals surface area (Å²) in [7, 11) is 0. The molecule has 0 saturated carbocycles. The second-order valence-corrected chi connectivity index (χ2v) is 2.33. The lowest BCUT2D eigenvalue weighted by Crippen LogP contribution is -2.38. The SMILES string of the molecule is O=C(O)CN(CC(=O)O)CC(=O)O.[AlH3]. The molecule has 0 aromatic rings. The van der Waals surface area contributed by atoms with Gasteiger partial charge in [-0.25, -0.2) is 0 Å². The molecule has 0 heterocycles. The Morgan fingerprint density at radius 3 is 1.14 bits per heavy atom. The molecule has 0 aliphatic rings. The van der Waals surface area contributed by atoms with Gasteiger partial charge in [0.2, 0.25) is 0 Å². The fraction of sp³-hybridized carbons (Fsp3) is 0.500. The molecule has 0 aliphatic heterocycles. The molecule has 0 fully saturated rings. The van der Waals surface area contributed by atoms with E-state index >= 15 is 0 Å². The monoisotopic (exact) mass is 221 g/mol. The largest absolute Gasteiger partial charge is 0.480 e. The number of carboxylic acid groups (broad SMARTS) is 3. The van der Waals surface area contributed by atoms with Crippen molar-refractivity contribution in [1.82, 2.24) is 4.90 Å². The fourth-order valence-electron chi connectivity index (χ4n) is 0.742. The molecule has 7 nitrogen and oxygen atoms in total. The fourth-order valence-corrected chi connectivity index (χ4v) is 0.742. The lowest BCUT2D eigenvalue weighted by atomic mass is 10.4. The topological polar surface area (TPSA) is 115 Å². The first-order valence-electron chi connectivity index (χ1n) is 3.29. The molecular weight excluding hydrogens is 209 g/mol. The summed E-state index contributed by atoms with van der Waals surface area (Å²) in [5.74, 6) is -3.78. The van der Waals surface area contributed by atoms with Crippen LogP contribution in [0.5, 0.6) is 0 Å². The van der Waals surface area contributed by atoms with Gasteiger partial charge in [-0.2, -0.15) is 0 Å². The van der Waals surface area contributed by atoms with Crippen molar-refractivity contribution in [1.29, 1.82) is 0 Å². The van der Waals surface area contributed by atoms with E-state index in [9.17, 15) is 14.4 Å². The maximum Gasteiger partial charge on any atom is 0.317 e. The molecule has 0 unspecified atom stereocenters. The molecule has 0 bridgehead atoms. The van der Waals surface area contributed by atoms with E-state index in [0.717, 1.165) is 4.90 Å². The minimum absolute atomic E-state index is 0. The van der Waals surface area contributed by atoms with Gasteiger partial charge in [0.1, 0.15) is 0 Å². The molecule has 3 N–H and O–H groups in total. The van der Waals surface area contributed by atoms with Crippen molar-refractivity contribution in [2.75, 3.05) is 19.6 Å². The summed E-state index contributed by atoms with van der Waals surface area (Å²) in [6.45, 7) is -1.80. The molecular formula is C6H12AlNO6. The molecule has 0 rings (SSSR count). The van der Waals surface area contributed by atoms with Crippen molar-refractivity contribution >= 4 is 35.3 Å². The molecule has 0 atom stereocenters. The zero-order valence-corrected chi connectivity index (χ0v) is 6.63. The predicted molar refractivity (Wildman–Crippen MR) is 49.3 cm³/mol. The van der Waals surface area contributed by atoms with E-state index in [1.165, 1.54) is 0 Å². The normalized spacial score (nSPS) is 9.21. The van der Waals surface area contributed by atoms with Crippen LogP contribution in [0.3, 0.4) is 0 Å². The summed E-state index contributed by atoms with van der Waals surface area (Å²) in [6.07, 6.45) is 0. The van der Waals surface area contributed by atoms with Gasteiger partial charge in [0.25, 0.3) is 0 Å². The molecule has 14 heavy (non-hydrogen) atoms. The number of hydrogen-bond acceptors (Lipinski definition) is 4. The molecule has 0 spiro atoms. The highest BCUT2D eigenvalue weighted by Gasteiger charge is 2.15. The summed E-state index contributed by atoms with van der Waals surface area (Å²) < 4.78 is 0. The third-order valence-electron chi connectivity index (χ3n) is 1.08. The van der Waals surface area contributed by atoms with Crippen molar-refractivity contribution in [3.05, 3.63) is 0 Å². The van der Waals surface area contributed by atoms with Gasteiger partial charge >= 0.3 is 17.9 Å². The van der Waals surface area contributed by atoms with Crippen LogP contribution in [0.4, 0.5) is 0 Å². The van der Waals surface area contributed by atoms with Crippen LogP contribution in [0, 0.1) is 0 Å². The van der Waals surface area contributed by atoms with Gasteiger partial charge in [-0.3, -0.25) is 19.3 Å². The van der Waals surface area contributed by atoms with E-state index < -0.39 is 37.5 Å². The number of nitrogens with zero attached hydrogens (tertiary/aromatic N) is 1. The first kappa shape index (κ1) is 15.4. The Bertz CT molecular complexity index is 192. The zero-order chi connectivity index (χ0) is 10.4. The summed E-state index contributed by atoms with van der Waals surface area (Å²) in [6, 6.07) is 0. The van der Waals surface area contributed by atoms with E-state index in [2.05, 4.69) is 0 Å². The van der Waals surface area contributed by atoms with Crippen LogP contribution in [0.1, 0.15) is 0 Å². The van der Waals surface area contributed by atoms with E-state index in [-0.39, 0.29) is 17.4 Å². The molecule has 80 valence electrons. The van der Waals surface area contributed by atoms with Gasteiger partial charge in [-0.15, -0.1) is 0 Å². The Labute approximate surface area is 90.1 Å². The zero-order valence-electron chi connectivity index (χ0n) is 6.63. The highest BCUT2D eigenvalue weighted by Crippen LogP contribution is 1.87. The Morgan fingerprint density at radius 1 is 0.786 bits per heavy atom. The van der Waals surface area contributed by atoms with Crippen LogP contribution in [0.25, 0.3) is 0 Å². The maximum atomic E-state index is 10.1. The summed E-state index contributed by atoms with van der Waals surface area (Å²) in [5, 5.41) is 24.8. The quantitative estimate of drug-likeness (QED) is 0.420. The van der Waals surface area contributed by atoms with E-state index in [1.54, 1.807) is 0 Å². The van der Waals surface area contributed by atoms with Crippen LogP contribution >= 0.6 is 0 Å². The molecule has 0 aliphatic carbocycles. The van der Waals surface area contributed by atoms with E-state index in [4.69, 9.17) is 15.3 Å². The predicted octanol–water partition coefficient (Wildman–Crippen LogP) is -2.64. The second kappa shape index (κ2) is 7.32. The number of rotatable bonds is 6. The molecule has 0 radical (unpaired) electrons. The van der Waals surface area contributed by atoms with Crippen molar-refractivity contribution in [2.45, 2.75) is 0 Å². The Hall–Kier alpha value is -1.10. The number of carbonyl (C=O) groups is 3. The van der Waals surface area contributed by atoms with Crippen LogP contribution in [-0.2, 0) is 14.4 Å². The average Bonchev–Trinajstić information content (AvgIpc) is 1.80. The van der Waals surface area contributed by atoms with Gasteiger partial charge in [-0.05, 0) is 0 Å². The highest BCUT2D eigenvalue weighted by molar-refractivity contribution is 5.76. The molecule has 8 heteroatoms. The van der Waals surface area contributed by atoms with Crippen LogP contribution in [0.2, 0.25) is 0 Å². The average molecular weight is 221 g/mol. The lowest BCUT2D eigenvalue weighted by molar-refractivity contribution is -0.144. The van der Waals surface area contributed by atoms with E-state index in [0.29, 0.717) is 0 Å². The van der Waals surface area contributed by atoms with Gasteiger partial charge in [-0.1, -0.05) is 0 Å². The number of aliphatic carboxylic acids is 3. The number of hydrogen-bond donors (Lipinski definition) is 3. The highest BCUT2D eigenvalue weighted by atomic mass is 27.0. The van der Waals surface area contributed by atoms with Crippen LogP contribution in [0.15, 0.2) is 0 Å². The Morgan fingerprint density at radius 2 is 1.00 bits per heavy atom. The van der Waals surface area contributed by atoms with Gasteiger partial charge in [0, 0.05) is 0 Å². The molecule has 0 amide bonds. The first-order chi connectivity index (χ1) is 5.91. The Balaban J connectivity index is 0. The van der Waals surface area contributed by atoms with E-state index in [1.807, 2.05) is 0 Å². The second-order valence-electron chi connectivity index (χ2n) is 2.33. The summed E-state index contributed by atoms with van der Waals surface area (Å²) in [4.78, 5) is 31.2. The standard InChI is InChI=1S/C6H9NO6.Al.3H/c8-4(9)1-7(2-5(10)11)3-6(12)13;;;;/h1-3H2,(H,8,9)(H,10,11)(H,12,13);;;;. The van der Waals surface area contributed by atoms with Crippen molar-refractivity contribution in [3.8, 4) is 0 Å². The first-order valence-corrected chi connectivity index (χ1v) is 3.29. The summed E-state index contributed by atoms with van der Waals surface area (Å²) >= 11 is 0. The van der Waals surface area contributed by atoms with Gasteiger partial charge in [0.05, 0.1) is 19.6 Å². The maximum absolute atomic E-state index is 10.1. The smallest absolute Gasteiger partial charge is 0.317 e. The van der Waals surface area contributed by atoms with Crippen molar-refractivity contribution in [2.24, 2.45) is 0 Å². The third kappa shape index (κ3) is 8.99. The number of carboxylic acids is 3. The lowest BCUT2D eigenvalue weighted by Gasteiger charge is -2.14. The minimum Gasteiger partial charge on any atom is -0.480 e. The molecule has 0 aromatic heterocycles. The van der Waals surface area contributed by atoms with Crippen LogP contribution in [-0.4, -0.2) is 75.1 Å². The Kier molecular flexibility index (Phi) is 8.04. The third-order valence-corrected chi connectivity index (χ3v) is 1.08. The van der Waals surface area contributed by atoms with Gasteiger partial charge in [0.15, 0.2) is 17.4 Å². The van der Waals surface area contributed by atoms with Gasteiger partial charge < -0.3 is 15.3 Å². The van der Waals surface area contributed by atoms with Crippen LogP contribution < -0.4 is 0 Å².